The topological polar surface area (TPSA) is 54.4 Å². The van der Waals surface area contributed by atoms with Gasteiger partial charge in [-0.25, -0.2) is 4.79 Å². The van der Waals surface area contributed by atoms with E-state index in [1.165, 1.54) is 0 Å². The Morgan fingerprint density at radius 2 is 2.27 bits per heavy atom. The van der Waals surface area contributed by atoms with Crippen LogP contribution in [0.15, 0.2) is 30.2 Å². The SMILES string of the molecule is [2H]OC(=O)C(=O)c1cc([2H])c([2H])c([2H])c1[2H]. The maximum absolute atomic E-state index is 11.3. The van der Waals surface area contributed by atoms with Gasteiger partial charge in [-0.05, 0) is 0 Å². The van der Waals surface area contributed by atoms with Gasteiger partial charge < -0.3 is 5.11 Å². The minimum Gasteiger partial charge on any atom is -0.475 e. The first-order valence-corrected chi connectivity index (χ1v) is 2.69. The minimum absolute atomic E-state index is 0.442. The molecule has 0 aliphatic heterocycles. The van der Waals surface area contributed by atoms with Crippen molar-refractivity contribution >= 4 is 11.8 Å². The Bertz CT molecular complexity index is 471. The minimum atomic E-state index is -1.50. The molecule has 56 valence electrons. The molecule has 1 aromatic carbocycles. The Balaban J connectivity index is 3.36. The molecule has 0 amide bonds. The maximum Gasteiger partial charge on any atom is 0.377 e. The van der Waals surface area contributed by atoms with Gasteiger partial charge in [-0.3, -0.25) is 4.79 Å². The van der Waals surface area contributed by atoms with Gasteiger partial charge in [0.1, 0.15) is 0 Å². The molecule has 3 heteroatoms. The molecular formula is C8H6O3. The lowest BCUT2D eigenvalue weighted by Gasteiger charge is -1.91. The van der Waals surface area contributed by atoms with Crippen molar-refractivity contribution in [2.45, 2.75) is 0 Å². The molecule has 1 rings (SSSR count). The van der Waals surface area contributed by atoms with Crippen molar-refractivity contribution in [3.63, 3.8) is 0 Å². The first kappa shape index (κ1) is 3.17. The molecule has 0 spiro atoms. The van der Waals surface area contributed by atoms with E-state index in [0.717, 1.165) is 6.07 Å². The van der Waals surface area contributed by atoms with E-state index in [2.05, 4.69) is 5.11 Å². The second kappa shape index (κ2) is 2.96. The molecule has 11 heavy (non-hydrogen) atoms. The highest BCUT2D eigenvalue weighted by Crippen LogP contribution is 1.98. The van der Waals surface area contributed by atoms with Crippen LogP contribution in [0, 0.1) is 0 Å². The fourth-order valence-corrected chi connectivity index (χ4v) is 0.511. The van der Waals surface area contributed by atoms with Gasteiger partial charge >= 0.3 is 5.97 Å². The van der Waals surface area contributed by atoms with Gasteiger partial charge in [0.25, 0.3) is 7.21 Å². The zero-order valence-corrected chi connectivity index (χ0v) is 5.30. The number of aliphatic carboxylic acids is 1. The first-order chi connectivity index (χ1) is 7.40. The van der Waals surface area contributed by atoms with E-state index < -0.39 is 41.5 Å². The summed E-state index contributed by atoms with van der Waals surface area (Å²) >= 11 is 0. The van der Waals surface area contributed by atoms with Gasteiger partial charge in [0, 0.05) is 5.56 Å². The summed E-state index contributed by atoms with van der Waals surface area (Å²) in [5, 5.41) is 3.44. The van der Waals surface area contributed by atoms with Gasteiger partial charge in [-0.15, -0.1) is 0 Å². The van der Waals surface area contributed by atoms with Crippen LogP contribution in [0.1, 0.15) is 15.8 Å². The number of carboxylic acids is 1. The fraction of sp³-hybridized carbons (Fsp3) is 0. The molecule has 0 saturated heterocycles. The standard InChI is InChI=1S/C8H6O3/c9-7(8(10)11)6-4-2-1-3-5-6/h1-5H,(H,10,11)/i1D,2D,3D,4D/hD. The summed E-state index contributed by atoms with van der Waals surface area (Å²) in [5.41, 5.74) is -0.511. The van der Waals surface area contributed by atoms with E-state index >= 15 is 0 Å². The number of Topliss-reactive ketones (excluding diaryl/α,β-unsaturated/α-hetero) is 1. The number of carbonyl (C=O) groups excluding carboxylic acids is 1. The number of carbonyl (C=O) groups is 2. The Morgan fingerprint density at radius 1 is 1.45 bits per heavy atom. The molecule has 0 aliphatic carbocycles. The van der Waals surface area contributed by atoms with Crippen LogP contribution in [-0.2, 0) is 4.79 Å². The van der Waals surface area contributed by atoms with Crippen LogP contribution in [-0.4, -0.2) is 16.9 Å². The summed E-state index contributed by atoms with van der Waals surface area (Å²) in [4.78, 5) is 22.0. The summed E-state index contributed by atoms with van der Waals surface area (Å²) < 4.78 is 35.3. The van der Waals surface area contributed by atoms with E-state index in [-0.39, 0.29) is 0 Å². The van der Waals surface area contributed by atoms with Crippen molar-refractivity contribution in [3.8, 4) is 0 Å². The molecule has 0 atom stereocenters. The highest BCUT2D eigenvalue weighted by atomic mass is 16.4. The van der Waals surface area contributed by atoms with E-state index in [4.69, 9.17) is 6.91 Å². The summed E-state index contributed by atoms with van der Waals surface area (Å²) in [6.07, 6.45) is 0. The predicted octanol–water partition coefficient (Wildman–Crippen LogP) is 0.954. The molecule has 0 heterocycles. The molecule has 0 bridgehead atoms. The lowest BCUT2D eigenvalue weighted by atomic mass is 10.1. The second-order valence-electron chi connectivity index (χ2n) is 1.69. The number of hydrogen-bond donors (Lipinski definition) is 1. The predicted molar refractivity (Wildman–Crippen MR) is 38.4 cm³/mol. The van der Waals surface area contributed by atoms with Crippen LogP contribution >= 0.6 is 0 Å². The third-order valence-electron chi connectivity index (χ3n) is 0.978. The molecule has 0 aromatic heterocycles. The maximum atomic E-state index is 11.3. The van der Waals surface area contributed by atoms with Crippen molar-refractivity contribution in [1.29, 1.82) is 1.43 Å². The lowest BCUT2D eigenvalue weighted by Crippen LogP contribution is -2.12. The number of rotatable bonds is 2. The summed E-state index contributed by atoms with van der Waals surface area (Å²) in [5.74, 6) is -2.77. The van der Waals surface area contributed by atoms with E-state index in [1.54, 1.807) is 0 Å². The molecule has 1 N–H and O–H groups in total. The van der Waals surface area contributed by atoms with Crippen molar-refractivity contribution < 1.29 is 20.2 Å². The van der Waals surface area contributed by atoms with E-state index in [9.17, 15) is 9.59 Å². The third kappa shape index (κ3) is 1.64. The normalized spacial score (nSPS) is 15.1. The molecule has 0 radical (unpaired) electrons. The largest absolute Gasteiger partial charge is 0.475 e. The zero-order chi connectivity index (χ0) is 12.5. The number of hydrogen-bond acceptors (Lipinski definition) is 3. The van der Waals surface area contributed by atoms with Crippen LogP contribution in [0.4, 0.5) is 0 Å². The Morgan fingerprint density at radius 3 is 3.00 bits per heavy atom. The van der Waals surface area contributed by atoms with Gasteiger partial charge in [0.15, 0.2) is 0 Å². The first-order valence-electron chi connectivity index (χ1n) is 5.10. The smallest absolute Gasteiger partial charge is 0.377 e. The molecule has 0 fully saturated rings. The molecule has 0 unspecified atom stereocenters. The third-order valence-corrected chi connectivity index (χ3v) is 0.978. The van der Waals surface area contributed by atoms with Crippen molar-refractivity contribution in [3.05, 3.63) is 35.8 Å². The van der Waals surface area contributed by atoms with Crippen LogP contribution in [0.25, 0.3) is 1.43 Å². The van der Waals surface area contributed by atoms with Crippen molar-refractivity contribution in [1.82, 2.24) is 0 Å². The van der Waals surface area contributed by atoms with Crippen molar-refractivity contribution in [2.75, 3.05) is 0 Å². The second-order valence-corrected chi connectivity index (χ2v) is 1.69. The molecule has 1 aromatic rings. The quantitative estimate of drug-likeness (QED) is 0.511. The number of carboxylic acid groups (broad SMARTS) is 1. The molecule has 0 aliphatic rings. The highest BCUT2D eigenvalue weighted by Gasteiger charge is 2.12. The zero-order valence-electron chi connectivity index (χ0n) is 10.3. The molecule has 0 saturated carbocycles. The fourth-order valence-electron chi connectivity index (χ4n) is 0.511. The van der Waals surface area contributed by atoms with Gasteiger partial charge in [0.05, 0.1) is 5.48 Å². The average molecular weight is 155 g/mol. The van der Waals surface area contributed by atoms with Crippen LogP contribution in [0.2, 0.25) is 0 Å². The summed E-state index contributed by atoms with van der Waals surface area (Å²) in [6, 6.07) is -1.35. The number of benzene rings is 1. The van der Waals surface area contributed by atoms with Gasteiger partial charge in [0.2, 0.25) is 0 Å². The van der Waals surface area contributed by atoms with Gasteiger partial charge in [-0.1, -0.05) is 30.2 Å². The average Bonchev–Trinajstić information content (AvgIpc) is 2.29. The van der Waals surface area contributed by atoms with Crippen molar-refractivity contribution in [2.24, 2.45) is 0 Å². The monoisotopic (exact) mass is 155 g/mol. The Hall–Kier alpha value is -1.64. The number of ketones is 1. The lowest BCUT2D eigenvalue weighted by molar-refractivity contribution is -0.131. The van der Waals surface area contributed by atoms with Crippen LogP contribution < -0.4 is 0 Å². The van der Waals surface area contributed by atoms with E-state index in [1.807, 2.05) is 0 Å². The molecular weight excluding hydrogens is 144 g/mol. The molecule has 3 nitrogen and oxygen atoms in total. The van der Waals surface area contributed by atoms with Crippen LogP contribution in [0.3, 0.4) is 0 Å². The Labute approximate surface area is 70.4 Å². The highest BCUT2D eigenvalue weighted by molar-refractivity contribution is 6.39. The van der Waals surface area contributed by atoms with E-state index in [0.29, 0.717) is 0 Å². The summed E-state index contributed by atoms with van der Waals surface area (Å²) in [7, 11) is 0. The van der Waals surface area contributed by atoms with Gasteiger partial charge in [-0.2, -0.15) is 0 Å². The van der Waals surface area contributed by atoms with Crippen LogP contribution in [0.5, 0.6) is 0 Å². The Kier molecular flexibility index (Phi) is 0.855. The summed E-state index contributed by atoms with van der Waals surface area (Å²) in [6.45, 7) is 0.